The number of aromatic carboxylic acids is 1. The topological polar surface area (TPSA) is 72.6 Å². The van der Waals surface area contributed by atoms with Crippen LogP contribution < -0.4 is 4.74 Å². The molecule has 1 heterocycles. The molecule has 0 atom stereocenters. The van der Waals surface area contributed by atoms with Gasteiger partial charge in [0.15, 0.2) is 0 Å². The molecule has 1 aromatic heterocycles. The molecule has 0 spiro atoms. The lowest BCUT2D eigenvalue weighted by atomic mass is 9.95. The van der Waals surface area contributed by atoms with Crippen molar-refractivity contribution in [1.29, 1.82) is 0 Å². The fourth-order valence-corrected chi connectivity index (χ4v) is 5.02. The summed E-state index contributed by atoms with van der Waals surface area (Å²) in [4.78, 5) is 11.2. The van der Waals surface area contributed by atoms with Crippen LogP contribution in [0.25, 0.3) is 23.4 Å². The van der Waals surface area contributed by atoms with E-state index >= 15 is 0 Å². The smallest absolute Gasteiger partial charge is 0.335 e. The van der Waals surface area contributed by atoms with Gasteiger partial charge in [0.1, 0.15) is 23.8 Å². The summed E-state index contributed by atoms with van der Waals surface area (Å²) in [7, 11) is 0. The number of hydrogen-bond acceptors (Lipinski definition) is 4. The van der Waals surface area contributed by atoms with Gasteiger partial charge in [0.25, 0.3) is 0 Å². The fraction of sp³-hybridized carbons (Fsp3) is 0.200. The van der Waals surface area contributed by atoms with Crippen LogP contribution >= 0.6 is 34.8 Å². The monoisotopic (exact) mass is 569 g/mol. The molecule has 0 saturated heterocycles. The van der Waals surface area contributed by atoms with Gasteiger partial charge in [0, 0.05) is 11.5 Å². The van der Waals surface area contributed by atoms with Crippen LogP contribution in [0.2, 0.25) is 15.1 Å². The quantitative estimate of drug-likeness (QED) is 0.192. The Morgan fingerprint density at radius 3 is 2.34 bits per heavy atom. The van der Waals surface area contributed by atoms with Crippen LogP contribution in [0.5, 0.6) is 5.75 Å². The largest absolute Gasteiger partial charge is 0.489 e. The summed E-state index contributed by atoms with van der Waals surface area (Å²) in [6.45, 7) is 4.40. The number of hydrogen-bond donors (Lipinski definition) is 1. The predicted octanol–water partition coefficient (Wildman–Crippen LogP) is 9.65. The van der Waals surface area contributed by atoms with Gasteiger partial charge in [-0.25, -0.2) is 4.79 Å². The highest BCUT2D eigenvalue weighted by atomic mass is 35.5. The van der Waals surface area contributed by atoms with Crippen molar-refractivity contribution in [3.05, 3.63) is 104 Å². The number of halogens is 3. The van der Waals surface area contributed by atoms with Gasteiger partial charge >= 0.3 is 5.97 Å². The summed E-state index contributed by atoms with van der Waals surface area (Å²) in [5.41, 5.74) is 3.73. The van der Waals surface area contributed by atoms with E-state index in [0.717, 1.165) is 35.3 Å². The summed E-state index contributed by atoms with van der Waals surface area (Å²) >= 11 is 19.5. The summed E-state index contributed by atoms with van der Waals surface area (Å²) in [5, 5.41) is 15.0. The lowest BCUT2D eigenvalue weighted by Crippen LogP contribution is -2.04. The minimum absolute atomic E-state index is 0.173. The Labute approximate surface area is 236 Å². The average molecular weight is 571 g/mol. The van der Waals surface area contributed by atoms with E-state index in [1.807, 2.05) is 30.4 Å². The number of aromatic nitrogens is 1. The SMILES string of the molecule is CCC(CC)c1onc(-c2c(Cl)cccc2Cl)c1COc1ccc(/C=C/c2cccc(C(=O)O)c2)c(Cl)c1. The third-order valence-electron chi connectivity index (χ3n) is 6.32. The molecule has 0 bridgehead atoms. The Morgan fingerprint density at radius 1 is 0.974 bits per heavy atom. The second-order valence-electron chi connectivity index (χ2n) is 8.72. The Bertz CT molecular complexity index is 1450. The maximum atomic E-state index is 11.2. The number of benzene rings is 3. The molecule has 4 aromatic rings. The predicted molar refractivity (Wildman–Crippen MR) is 153 cm³/mol. The molecule has 5 nitrogen and oxygen atoms in total. The molecule has 0 unspecified atom stereocenters. The van der Waals surface area contributed by atoms with E-state index in [0.29, 0.717) is 32.1 Å². The van der Waals surface area contributed by atoms with Gasteiger partial charge in [-0.1, -0.05) is 84.2 Å². The minimum atomic E-state index is -0.972. The summed E-state index contributed by atoms with van der Waals surface area (Å²) in [5.74, 6) is 0.537. The first kappa shape index (κ1) is 27.8. The Morgan fingerprint density at radius 2 is 1.68 bits per heavy atom. The van der Waals surface area contributed by atoms with Gasteiger partial charge in [-0.3, -0.25) is 0 Å². The third-order valence-corrected chi connectivity index (χ3v) is 7.28. The molecule has 0 radical (unpaired) electrons. The second-order valence-corrected chi connectivity index (χ2v) is 9.94. The van der Waals surface area contributed by atoms with Crippen molar-refractivity contribution in [1.82, 2.24) is 5.16 Å². The Kier molecular flexibility index (Phi) is 9.16. The summed E-state index contributed by atoms with van der Waals surface area (Å²) in [6.07, 6.45) is 5.41. The maximum absolute atomic E-state index is 11.2. The average Bonchev–Trinajstić information content (AvgIpc) is 3.30. The molecule has 196 valence electrons. The lowest BCUT2D eigenvalue weighted by molar-refractivity contribution is 0.0697. The molecule has 0 saturated carbocycles. The zero-order chi connectivity index (χ0) is 27.2. The van der Waals surface area contributed by atoms with Gasteiger partial charge in [0.05, 0.1) is 26.2 Å². The van der Waals surface area contributed by atoms with E-state index in [1.165, 1.54) is 0 Å². The normalized spacial score (nSPS) is 11.4. The van der Waals surface area contributed by atoms with Crippen molar-refractivity contribution in [2.45, 2.75) is 39.2 Å². The van der Waals surface area contributed by atoms with Crippen molar-refractivity contribution in [3.8, 4) is 17.0 Å². The number of carboxylic acids is 1. The molecule has 38 heavy (non-hydrogen) atoms. The van der Waals surface area contributed by atoms with Gasteiger partial charge in [-0.2, -0.15) is 0 Å². The van der Waals surface area contributed by atoms with Crippen molar-refractivity contribution < 1.29 is 19.2 Å². The number of carbonyl (C=O) groups is 1. The molecule has 8 heteroatoms. The number of ether oxygens (including phenoxy) is 1. The van der Waals surface area contributed by atoms with Gasteiger partial charge in [-0.05, 0) is 66.4 Å². The van der Waals surface area contributed by atoms with Crippen LogP contribution in [0, 0.1) is 0 Å². The van der Waals surface area contributed by atoms with Gasteiger partial charge < -0.3 is 14.4 Å². The standard InChI is InChI=1S/C30H26Cl3NO4/c1-3-19(4-2)29-23(28(34-38-29)27-24(31)9-6-10-25(27)32)17-37-22-14-13-20(26(33)16-22)12-11-18-7-5-8-21(15-18)30(35)36/h5-16,19H,3-4,17H2,1-2H3,(H,35,36)/b12-11+. The van der Waals surface area contributed by atoms with Crippen molar-refractivity contribution in [3.63, 3.8) is 0 Å². The zero-order valence-corrected chi connectivity index (χ0v) is 23.1. The van der Waals surface area contributed by atoms with Crippen LogP contribution in [0.1, 0.15) is 65.4 Å². The van der Waals surface area contributed by atoms with Crippen LogP contribution in [-0.2, 0) is 6.61 Å². The van der Waals surface area contributed by atoms with Crippen molar-refractivity contribution in [2.24, 2.45) is 0 Å². The highest BCUT2D eigenvalue weighted by Gasteiger charge is 2.26. The summed E-state index contributed by atoms with van der Waals surface area (Å²) < 4.78 is 12.0. The van der Waals surface area contributed by atoms with Crippen LogP contribution in [-0.4, -0.2) is 16.2 Å². The first-order valence-corrected chi connectivity index (χ1v) is 13.3. The molecule has 3 aromatic carbocycles. The zero-order valence-electron chi connectivity index (χ0n) is 20.9. The maximum Gasteiger partial charge on any atom is 0.335 e. The second kappa shape index (κ2) is 12.5. The van der Waals surface area contributed by atoms with Crippen molar-refractivity contribution >= 4 is 52.9 Å². The van der Waals surface area contributed by atoms with Crippen LogP contribution in [0.4, 0.5) is 0 Å². The summed E-state index contributed by atoms with van der Waals surface area (Å²) in [6, 6.07) is 17.4. The first-order valence-electron chi connectivity index (χ1n) is 12.2. The van der Waals surface area contributed by atoms with E-state index in [2.05, 4.69) is 19.0 Å². The molecule has 0 aliphatic heterocycles. The molecular weight excluding hydrogens is 545 g/mol. The number of nitrogens with zero attached hydrogens (tertiary/aromatic N) is 1. The van der Waals surface area contributed by atoms with Gasteiger partial charge in [0.2, 0.25) is 0 Å². The molecule has 0 aliphatic carbocycles. The number of rotatable bonds is 10. The van der Waals surface area contributed by atoms with E-state index in [1.54, 1.807) is 42.5 Å². The highest BCUT2D eigenvalue weighted by Crippen LogP contribution is 2.40. The Balaban J connectivity index is 1.59. The first-order chi connectivity index (χ1) is 18.3. The van der Waals surface area contributed by atoms with Gasteiger partial charge in [-0.15, -0.1) is 0 Å². The fourth-order valence-electron chi connectivity index (χ4n) is 4.21. The number of carboxylic acid groups (broad SMARTS) is 1. The van der Waals surface area contributed by atoms with E-state index in [9.17, 15) is 9.90 Å². The molecule has 0 fully saturated rings. The highest BCUT2D eigenvalue weighted by molar-refractivity contribution is 6.39. The Hall–Kier alpha value is -3.25. The van der Waals surface area contributed by atoms with Crippen LogP contribution in [0.3, 0.4) is 0 Å². The van der Waals surface area contributed by atoms with Crippen LogP contribution in [0.15, 0.2) is 65.2 Å². The molecule has 0 amide bonds. The van der Waals surface area contributed by atoms with E-state index < -0.39 is 5.97 Å². The molecule has 0 aliphatic rings. The lowest BCUT2D eigenvalue weighted by Gasteiger charge is -2.14. The third kappa shape index (κ3) is 6.24. The van der Waals surface area contributed by atoms with E-state index in [4.69, 9.17) is 44.1 Å². The molecular formula is C30H26Cl3NO4. The minimum Gasteiger partial charge on any atom is -0.489 e. The van der Waals surface area contributed by atoms with E-state index in [-0.39, 0.29) is 18.1 Å². The van der Waals surface area contributed by atoms with Crippen molar-refractivity contribution in [2.75, 3.05) is 0 Å². The molecule has 1 N–H and O–H groups in total. The molecule has 4 rings (SSSR count).